The van der Waals surface area contributed by atoms with E-state index in [0.29, 0.717) is 6.42 Å². The van der Waals surface area contributed by atoms with Crippen molar-refractivity contribution in [1.29, 1.82) is 0 Å². The number of carbonyl (C=O) groups is 1. The van der Waals surface area contributed by atoms with Crippen molar-refractivity contribution in [3.63, 3.8) is 0 Å². The Bertz CT molecular complexity index is 706. The van der Waals surface area contributed by atoms with Gasteiger partial charge < -0.3 is 10.2 Å². The van der Waals surface area contributed by atoms with Crippen LogP contribution in [0.3, 0.4) is 0 Å². The van der Waals surface area contributed by atoms with Gasteiger partial charge in [-0.05, 0) is 38.7 Å². The highest BCUT2D eigenvalue weighted by atomic mass is 16.2. The smallest absolute Gasteiger partial charge is 0.223 e. The summed E-state index contributed by atoms with van der Waals surface area (Å²) in [5, 5.41) is 10.2. The van der Waals surface area contributed by atoms with Gasteiger partial charge in [0, 0.05) is 25.7 Å². The fourth-order valence-corrected chi connectivity index (χ4v) is 3.35. The SMILES string of the molecule is CNc1cncc([C@H]2CCCN2C(=O)CCc2c(C)n[nH]c2C)n1. The molecule has 1 fully saturated rings. The molecule has 3 rings (SSSR count). The van der Waals surface area contributed by atoms with E-state index >= 15 is 0 Å². The fourth-order valence-electron chi connectivity index (χ4n) is 3.35. The standard InChI is InChI=1S/C17H24N6O/c1-11-13(12(2)22-21-11)6-7-17(24)23-8-4-5-15(23)14-9-19-10-16(18-3)20-14/h9-10,15H,4-8H2,1-3H3,(H,18,20)(H,21,22)/t15-/m1/s1. The predicted octanol–water partition coefficient (Wildman–Crippen LogP) is 2.15. The molecule has 2 N–H and O–H groups in total. The van der Waals surface area contributed by atoms with Gasteiger partial charge in [0.1, 0.15) is 5.82 Å². The lowest BCUT2D eigenvalue weighted by Gasteiger charge is -2.24. The summed E-state index contributed by atoms with van der Waals surface area (Å²) in [6.45, 7) is 4.76. The Balaban J connectivity index is 1.69. The number of hydrogen-bond acceptors (Lipinski definition) is 5. The summed E-state index contributed by atoms with van der Waals surface area (Å²) in [5.41, 5.74) is 4.04. The number of hydrogen-bond donors (Lipinski definition) is 2. The molecular formula is C17H24N6O. The number of aromatic amines is 1. The fraction of sp³-hybridized carbons (Fsp3) is 0.529. The van der Waals surface area contributed by atoms with Crippen molar-refractivity contribution in [1.82, 2.24) is 25.1 Å². The van der Waals surface area contributed by atoms with Crippen LogP contribution in [0.15, 0.2) is 12.4 Å². The van der Waals surface area contributed by atoms with Crippen molar-refractivity contribution in [3.8, 4) is 0 Å². The summed E-state index contributed by atoms with van der Waals surface area (Å²) in [4.78, 5) is 23.5. The molecule has 0 spiro atoms. The Labute approximate surface area is 141 Å². The minimum atomic E-state index is 0.0323. The molecule has 0 bridgehead atoms. The molecule has 24 heavy (non-hydrogen) atoms. The van der Waals surface area contributed by atoms with E-state index in [1.165, 1.54) is 0 Å². The molecule has 7 heteroatoms. The van der Waals surface area contributed by atoms with Crippen LogP contribution in [0.4, 0.5) is 5.82 Å². The van der Waals surface area contributed by atoms with Gasteiger partial charge in [-0.3, -0.25) is 14.9 Å². The van der Waals surface area contributed by atoms with E-state index in [1.54, 1.807) is 12.4 Å². The molecular weight excluding hydrogens is 304 g/mol. The number of nitrogens with one attached hydrogen (secondary N) is 2. The summed E-state index contributed by atoms with van der Waals surface area (Å²) in [7, 11) is 1.82. The zero-order valence-corrected chi connectivity index (χ0v) is 14.5. The van der Waals surface area contributed by atoms with Crippen LogP contribution in [0.25, 0.3) is 0 Å². The molecule has 2 aromatic rings. The first kappa shape index (κ1) is 16.4. The van der Waals surface area contributed by atoms with Crippen molar-refractivity contribution < 1.29 is 4.79 Å². The maximum absolute atomic E-state index is 12.7. The summed E-state index contributed by atoms with van der Waals surface area (Å²) >= 11 is 0. The summed E-state index contributed by atoms with van der Waals surface area (Å²) in [6.07, 6.45) is 6.62. The lowest BCUT2D eigenvalue weighted by Crippen LogP contribution is -2.31. The van der Waals surface area contributed by atoms with Crippen molar-refractivity contribution in [2.75, 3.05) is 18.9 Å². The molecule has 0 aromatic carbocycles. The lowest BCUT2D eigenvalue weighted by molar-refractivity contribution is -0.132. The molecule has 0 aliphatic carbocycles. The van der Waals surface area contributed by atoms with Gasteiger partial charge in [-0.2, -0.15) is 5.10 Å². The Morgan fingerprint density at radius 3 is 2.96 bits per heavy atom. The molecule has 1 saturated heterocycles. The Morgan fingerprint density at radius 1 is 1.42 bits per heavy atom. The number of anilines is 1. The minimum absolute atomic E-state index is 0.0323. The topological polar surface area (TPSA) is 86.8 Å². The predicted molar refractivity (Wildman–Crippen MR) is 91.6 cm³/mol. The van der Waals surface area contributed by atoms with Crippen molar-refractivity contribution in [2.45, 2.75) is 45.6 Å². The number of aromatic nitrogens is 4. The minimum Gasteiger partial charge on any atom is -0.372 e. The number of aryl methyl sites for hydroxylation is 2. The second-order valence-electron chi connectivity index (χ2n) is 6.24. The number of likely N-dealkylation sites (tertiary alicyclic amines) is 1. The third-order valence-corrected chi connectivity index (χ3v) is 4.69. The maximum Gasteiger partial charge on any atom is 0.223 e. The zero-order chi connectivity index (χ0) is 17.1. The van der Waals surface area contributed by atoms with Gasteiger partial charge in [0.05, 0.1) is 29.8 Å². The molecule has 1 aliphatic heterocycles. The van der Waals surface area contributed by atoms with Gasteiger partial charge in [-0.25, -0.2) is 4.98 Å². The second kappa shape index (κ2) is 6.98. The zero-order valence-electron chi connectivity index (χ0n) is 14.5. The number of amides is 1. The molecule has 1 atom stereocenters. The quantitative estimate of drug-likeness (QED) is 0.878. The van der Waals surface area contributed by atoms with Crippen LogP contribution in [0, 0.1) is 13.8 Å². The number of carbonyl (C=O) groups excluding carboxylic acids is 1. The van der Waals surface area contributed by atoms with Gasteiger partial charge in [0.15, 0.2) is 0 Å². The molecule has 1 aliphatic rings. The normalized spacial score (nSPS) is 17.3. The number of H-pyrrole nitrogens is 1. The van der Waals surface area contributed by atoms with E-state index in [4.69, 9.17) is 0 Å². The van der Waals surface area contributed by atoms with Gasteiger partial charge in [-0.15, -0.1) is 0 Å². The lowest BCUT2D eigenvalue weighted by atomic mass is 10.1. The van der Waals surface area contributed by atoms with E-state index < -0.39 is 0 Å². The molecule has 0 unspecified atom stereocenters. The maximum atomic E-state index is 12.7. The first-order valence-corrected chi connectivity index (χ1v) is 8.39. The molecule has 7 nitrogen and oxygen atoms in total. The van der Waals surface area contributed by atoms with Gasteiger partial charge in [-0.1, -0.05) is 0 Å². The molecule has 0 radical (unpaired) electrons. The highest BCUT2D eigenvalue weighted by Crippen LogP contribution is 2.31. The third-order valence-electron chi connectivity index (χ3n) is 4.69. The van der Waals surface area contributed by atoms with Crippen LogP contribution in [0.1, 0.15) is 47.9 Å². The van der Waals surface area contributed by atoms with E-state index in [0.717, 1.165) is 54.3 Å². The van der Waals surface area contributed by atoms with Crippen molar-refractivity contribution in [3.05, 3.63) is 35.0 Å². The number of nitrogens with zero attached hydrogens (tertiary/aromatic N) is 4. The van der Waals surface area contributed by atoms with Gasteiger partial charge >= 0.3 is 0 Å². The third kappa shape index (κ3) is 3.25. The monoisotopic (exact) mass is 328 g/mol. The van der Waals surface area contributed by atoms with Crippen LogP contribution < -0.4 is 5.32 Å². The van der Waals surface area contributed by atoms with Crippen LogP contribution in [-0.2, 0) is 11.2 Å². The summed E-state index contributed by atoms with van der Waals surface area (Å²) in [6, 6.07) is 0.0323. The summed E-state index contributed by atoms with van der Waals surface area (Å²) < 4.78 is 0. The Hall–Kier alpha value is -2.44. The molecule has 128 valence electrons. The van der Waals surface area contributed by atoms with Crippen molar-refractivity contribution in [2.24, 2.45) is 0 Å². The van der Waals surface area contributed by atoms with Crippen molar-refractivity contribution >= 4 is 11.7 Å². The second-order valence-corrected chi connectivity index (χ2v) is 6.24. The van der Waals surface area contributed by atoms with Crippen LogP contribution in [0.2, 0.25) is 0 Å². The first-order valence-electron chi connectivity index (χ1n) is 8.39. The van der Waals surface area contributed by atoms with Gasteiger partial charge in [0.2, 0.25) is 5.91 Å². The molecule has 1 amide bonds. The first-order chi connectivity index (χ1) is 11.6. The van der Waals surface area contributed by atoms with E-state index in [-0.39, 0.29) is 11.9 Å². The Kier molecular flexibility index (Phi) is 4.78. The molecule has 0 saturated carbocycles. The van der Waals surface area contributed by atoms with E-state index in [9.17, 15) is 4.79 Å². The summed E-state index contributed by atoms with van der Waals surface area (Å²) in [5.74, 6) is 0.908. The average molecular weight is 328 g/mol. The van der Waals surface area contributed by atoms with Crippen LogP contribution in [-0.4, -0.2) is 44.6 Å². The molecule has 2 aromatic heterocycles. The number of rotatable bonds is 5. The van der Waals surface area contributed by atoms with Crippen LogP contribution >= 0.6 is 0 Å². The average Bonchev–Trinajstić information content (AvgIpc) is 3.20. The van der Waals surface area contributed by atoms with E-state index in [1.807, 2.05) is 25.8 Å². The van der Waals surface area contributed by atoms with Crippen LogP contribution in [0.5, 0.6) is 0 Å². The highest BCUT2D eigenvalue weighted by Gasteiger charge is 2.31. The van der Waals surface area contributed by atoms with Gasteiger partial charge in [0.25, 0.3) is 0 Å². The Morgan fingerprint density at radius 2 is 2.25 bits per heavy atom. The highest BCUT2D eigenvalue weighted by molar-refractivity contribution is 5.77. The van der Waals surface area contributed by atoms with E-state index in [2.05, 4.69) is 25.5 Å². The largest absolute Gasteiger partial charge is 0.372 e. The molecule has 3 heterocycles.